The third-order valence-corrected chi connectivity index (χ3v) is 6.12. The lowest BCUT2D eigenvalue weighted by Crippen LogP contribution is -2.27. The van der Waals surface area contributed by atoms with Gasteiger partial charge in [0.25, 0.3) is 11.5 Å². The SMILES string of the molecule is CCCn1nc(C(=O)Nc2nc(-c3cc(C)c(C)cc3C)cs2)c2ccccc2c1=O. The number of benzene rings is 2. The molecule has 0 saturated heterocycles. The summed E-state index contributed by atoms with van der Waals surface area (Å²) in [5, 5.41) is 10.7. The van der Waals surface area contributed by atoms with E-state index in [1.807, 2.05) is 12.3 Å². The van der Waals surface area contributed by atoms with Crippen LogP contribution in [0.3, 0.4) is 0 Å². The highest BCUT2D eigenvalue weighted by Gasteiger charge is 2.18. The van der Waals surface area contributed by atoms with Crippen LogP contribution in [-0.4, -0.2) is 20.7 Å². The zero-order valence-corrected chi connectivity index (χ0v) is 18.8. The van der Waals surface area contributed by atoms with Gasteiger partial charge in [-0.3, -0.25) is 14.9 Å². The second-order valence-electron chi connectivity index (χ2n) is 7.67. The summed E-state index contributed by atoms with van der Waals surface area (Å²) < 4.78 is 1.36. The van der Waals surface area contributed by atoms with Crippen molar-refractivity contribution in [1.29, 1.82) is 0 Å². The number of carbonyl (C=O) groups is 1. The molecule has 6 nitrogen and oxygen atoms in total. The average Bonchev–Trinajstić information content (AvgIpc) is 3.21. The average molecular weight is 433 g/mol. The molecule has 0 bridgehead atoms. The summed E-state index contributed by atoms with van der Waals surface area (Å²) in [4.78, 5) is 30.4. The van der Waals surface area contributed by atoms with E-state index in [0.717, 1.165) is 23.2 Å². The highest BCUT2D eigenvalue weighted by atomic mass is 32.1. The molecule has 0 atom stereocenters. The van der Waals surface area contributed by atoms with E-state index < -0.39 is 0 Å². The maximum atomic E-state index is 13.1. The van der Waals surface area contributed by atoms with Crippen LogP contribution in [0.2, 0.25) is 0 Å². The zero-order chi connectivity index (χ0) is 22.1. The van der Waals surface area contributed by atoms with Gasteiger partial charge in [-0.1, -0.05) is 31.2 Å². The fourth-order valence-corrected chi connectivity index (χ4v) is 4.32. The van der Waals surface area contributed by atoms with Crippen LogP contribution in [-0.2, 0) is 6.54 Å². The van der Waals surface area contributed by atoms with Gasteiger partial charge in [0.15, 0.2) is 10.8 Å². The summed E-state index contributed by atoms with van der Waals surface area (Å²) in [7, 11) is 0. The van der Waals surface area contributed by atoms with Crippen LogP contribution in [0, 0.1) is 20.8 Å². The Morgan fingerprint density at radius 1 is 1.06 bits per heavy atom. The van der Waals surface area contributed by atoms with Gasteiger partial charge in [0, 0.05) is 22.9 Å². The molecule has 0 spiro atoms. The molecule has 0 unspecified atom stereocenters. The molecular weight excluding hydrogens is 408 g/mol. The Balaban J connectivity index is 1.69. The molecule has 2 aromatic heterocycles. The van der Waals surface area contributed by atoms with Crippen molar-refractivity contribution in [1.82, 2.24) is 14.8 Å². The van der Waals surface area contributed by atoms with Crippen LogP contribution in [0.1, 0.15) is 40.5 Å². The molecular formula is C24H24N4O2S. The number of aryl methyl sites for hydroxylation is 4. The predicted molar refractivity (Wildman–Crippen MR) is 126 cm³/mol. The van der Waals surface area contributed by atoms with Gasteiger partial charge in [-0.15, -0.1) is 11.3 Å². The quantitative estimate of drug-likeness (QED) is 0.476. The molecule has 0 radical (unpaired) electrons. The number of anilines is 1. The lowest BCUT2D eigenvalue weighted by molar-refractivity contribution is 0.102. The molecule has 4 rings (SSSR count). The number of aromatic nitrogens is 3. The largest absolute Gasteiger partial charge is 0.296 e. The third kappa shape index (κ3) is 4.01. The number of thiazole rings is 1. The Hall–Kier alpha value is -3.32. The molecule has 7 heteroatoms. The minimum atomic E-state index is -0.376. The Morgan fingerprint density at radius 2 is 1.77 bits per heavy atom. The van der Waals surface area contributed by atoms with Crippen molar-refractivity contribution in [2.75, 3.05) is 5.32 Å². The second kappa shape index (κ2) is 8.43. The summed E-state index contributed by atoms with van der Waals surface area (Å²) in [5.41, 5.74) is 5.51. The van der Waals surface area contributed by atoms with E-state index in [4.69, 9.17) is 0 Å². The fourth-order valence-electron chi connectivity index (χ4n) is 3.61. The topological polar surface area (TPSA) is 76.9 Å². The summed E-state index contributed by atoms with van der Waals surface area (Å²) in [5.74, 6) is -0.376. The number of amides is 1. The summed E-state index contributed by atoms with van der Waals surface area (Å²) in [6.45, 7) is 8.65. The van der Waals surface area contributed by atoms with E-state index in [0.29, 0.717) is 22.4 Å². The van der Waals surface area contributed by atoms with Crippen LogP contribution in [0.5, 0.6) is 0 Å². The van der Waals surface area contributed by atoms with Gasteiger partial charge < -0.3 is 0 Å². The van der Waals surface area contributed by atoms with Gasteiger partial charge in [-0.2, -0.15) is 5.10 Å². The molecule has 0 saturated carbocycles. The highest BCUT2D eigenvalue weighted by molar-refractivity contribution is 7.14. The van der Waals surface area contributed by atoms with Crippen molar-refractivity contribution in [2.45, 2.75) is 40.7 Å². The highest BCUT2D eigenvalue weighted by Crippen LogP contribution is 2.29. The number of hydrogen-bond donors (Lipinski definition) is 1. The fraction of sp³-hybridized carbons (Fsp3) is 0.250. The standard InChI is InChI=1S/C24H24N4O2S/c1-5-10-28-23(30)18-9-7-6-8-17(18)21(27-28)22(29)26-24-25-20(13-31-24)19-12-15(3)14(2)11-16(19)4/h6-9,11-13H,5,10H2,1-4H3,(H,25,26,29). The van der Waals surface area contributed by atoms with E-state index in [-0.39, 0.29) is 17.2 Å². The molecule has 0 fully saturated rings. The first kappa shape index (κ1) is 20.9. The molecule has 0 aliphatic rings. The number of nitrogens with one attached hydrogen (secondary N) is 1. The predicted octanol–water partition coefficient (Wildman–Crippen LogP) is 5.11. The van der Waals surface area contributed by atoms with E-state index in [1.165, 1.54) is 27.1 Å². The molecule has 1 N–H and O–H groups in total. The summed E-state index contributed by atoms with van der Waals surface area (Å²) >= 11 is 1.37. The molecule has 4 aromatic rings. The van der Waals surface area contributed by atoms with Gasteiger partial charge >= 0.3 is 0 Å². The number of fused-ring (bicyclic) bond motifs is 1. The van der Waals surface area contributed by atoms with Gasteiger partial charge in [0.2, 0.25) is 0 Å². The minimum Gasteiger partial charge on any atom is -0.296 e. The van der Waals surface area contributed by atoms with Crippen molar-refractivity contribution >= 4 is 33.1 Å². The van der Waals surface area contributed by atoms with Crippen LogP contribution >= 0.6 is 11.3 Å². The van der Waals surface area contributed by atoms with Crippen LogP contribution in [0.25, 0.3) is 22.0 Å². The summed E-state index contributed by atoms with van der Waals surface area (Å²) in [6, 6.07) is 11.3. The van der Waals surface area contributed by atoms with Crippen molar-refractivity contribution in [3.8, 4) is 11.3 Å². The zero-order valence-electron chi connectivity index (χ0n) is 18.0. The first-order chi connectivity index (χ1) is 14.9. The van der Waals surface area contributed by atoms with Crippen molar-refractivity contribution in [3.05, 3.63) is 74.5 Å². The molecule has 2 aromatic carbocycles. The monoisotopic (exact) mass is 432 g/mol. The maximum Gasteiger partial charge on any atom is 0.278 e. The molecule has 31 heavy (non-hydrogen) atoms. The van der Waals surface area contributed by atoms with Gasteiger partial charge in [0.1, 0.15) is 0 Å². The van der Waals surface area contributed by atoms with Crippen LogP contribution < -0.4 is 10.9 Å². The Morgan fingerprint density at radius 3 is 2.52 bits per heavy atom. The third-order valence-electron chi connectivity index (χ3n) is 5.36. The number of nitrogens with zero attached hydrogens (tertiary/aromatic N) is 3. The van der Waals surface area contributed by atoms with Gasteiger partial charge in [0.05, 0.1) is 11.1 Å². The molecule has 2 heterocycles. The Labute approximate surface area is 184 Å². The van der Waals surface area contributed by atoms with Crippen LogP contribution in [0.4, 0.5) is 5.13 Å². The molecule has 1 amide bonds. The lowest BCUT2D eigenvalue weighted by atomic mass is 9.99. The minimum absolute atomic E-state index is 0.184. The first-order valence-corrected chi connectivity index (χ1v) is 11.1. The Bertz CT molecular complexity index is 1350. The first-order valence-electron chi connectivity index (χ1n) is 10.2. The summed E-state index contributed by atoms with van der Waals surface area (Å²) in [6.07, 6.45) is 0.747. The van der Waals surface area contributed by atoms with Crippen molar-refractivity contribution in [2.24, 2.45) is 0 Å². The van der Waals surface area contributed by atoms with Crippen molar-refractivity contribution in [3.63, 3.8) is 0 Å². The van der Waals surface area contributed by atoms with E-state index >= 15 is 0 Å². The van der Waals surface area contributed by atoms with Crippen LogP contribution in [0.15, 0.2) is 46.6 Å². The number of carbonyl (C=O) groups excluding carboxylic acids is 1. The number of rotatable bonds is 5. The maximum absolute atomic E-state index is 13.1. The van der Waals surface area contributed by atoms with E-state index in [1.54, 1.807) is 24.3 Å². The Kier molecular flexibility index (Phi) is 5.69. The number of hydrogen-bond acceptors (Lipinski definition) is 5. The van der Waals surface area contributed by atoms with Gasteiger partial charge in [-0.05, 0) is 56.0 Å². The molecule has 158 valence electrons. The normalized spacial score (nSPS) is 11.1. The van der Waals surface area contributed by atoms with Gasteiger partial charge in [-0.25, -0.2) is 9.67 Å². The van der Waals surface area contributed by atoms with Crippen molar-refractivity contribution < 1.29 is 4.79 Å². The molecule has 0 aliphatic carbocycles. The molecule has 0 aliphatic heterocycles. The second-order valence-corrected chi connectivity index (χ2v) is 8.52. The lowest BCUT2D eigenvalue weighted by Gasteiger charge is -2.10. The smallest absolute Gasteiger partial charge is 0.278 e. The van der Waals surface area contributed by atoms with E-state index in [9.17, 15) is 9.59 Å². The van der Waals surface area contributed by atoms with E-state index in [2.05, 4.69) is 48.3 Å².